The number of hydrogen-bond donors (Lipinski definition) is 3. The Hall–Kier alpha value is -2.44. The maximum Gasteiger partial charge on any atom is 0.305 e. The van der Waals surface area contributed by atoms with E-state index in [9.17, 15) is 19.8 Å². The van der Waals surface area contributed by atoms with Crippen LogP contribution in [0.3, 0.4) is 0 Å². The Morgan fingerprint density at radius 1 is 0.322 bits per heavy atom. The zero-order valence-electron chi connectivity index (χ0n) is 58.5. The number of aliphatic hydroxyl groups excluding tert-OH is 2. The summed E-state index contributed by atoms with van der Waals surface area (Å²) in [5.41, 5.74) is 0. The van der Waals surface area contributed by atoms with E-state index in [0.29, 0.717) is 19.4 Å². The highest BCUT2D eigenvalue weighted by Crippen LogP contribution is 2.19. The monoisotopic (exact) mass is 1220 g/mol. The van der Waals surface area contributed by atoms with Crippen LogP contribution in [-0.2, 0) is 14.3 Å². The Bertz CT molecular complexity index is 1500. The predicted octanol–water partition coefficient (Wildman–Crippen LogP) is 25.8. The molecule has 0 aromatic rings. The van der Waals surface area contributed by atoms with Gasteiger partial charge in [0.05, 0.1) is 25.4 Å². The number of carbonyl (C=O) groups excluding carboxylic acids is 2. The van der Waals surface area contributed by atoms with E-state index in [2.05, 4.69) is 67.8 Å². The van der Waals surface area contributed by atoms with Crippen LogP contribution in [0, 0.1) is 0 Å². The van der Waals surface area contributed by atoms with Gasteiger partial charge in [-0.05, 0) is 96.3 Å². The largest absolute Gasteiger partial charge is 0.466 e. The number of ether oxygens (including phenoxy) is 1. The zero-order valence-corrected chi connectivity index (χ0v) is 58.5. The average molecular weight is 1220 g/mol. The molecule has 0 saturated heterocycles. The van der Waals surface area contributed by atoms with E-state index in [4.69, 9.17) is 4.74 Å². The SMILES string of the molecule is CCCCC/C=C\C/C=C\CCCCCCCCCC(=O)OCCCCCCCCCCCCC/C=C\C/C=C\CCCCCCCCCCCCCCCCCCCC(=O)NC(CO)C(O)/C=C/CCCCCCCCCCCCCCCCCC. The minimum Gasteiger partial charge on any atom is -0.466 e. The quantitative estimate of drug-likeness (QED) is 0.0320. The van der Waals surface area contributed by atoms with Gasteiger partial charge in [0.25, 0.3) is 0 Å². The molecule has 0 heterocycles. The molecular formula is C81H151NO5. The maximum atomic E-state index is 12.5. The summed E-state index contributed by atoms with van der Waals surface area (Å²) in [7, 11) is 0. The van der Waals surface area contributed by atoms with Gasteiger partial charge in [-0.25, -0.2) is 0 Å². The number of allylic oxidation sites excluding steroid dienone is 9. The van der Waals surface area contributed by atoms with Gasteiger partial charge in [0.2, 0.25) is 5.91 Å². The zero-order chi connectivity index (χ0) is 62.8. The molecule has 0 aliphatic carbocycles. The van der Waals surface area contributed by atoms with Crippen molar-refractivity contribution in [3.05, 3.63) is 60.8 Å². The summed E-state index contributed by atoms with van der Waals surface area (Å²) in [6.45, 7) is 4.91. The third kappa shape index (κ3) is 72.5. The van der Waals surface area contributed by atoms with Crippen molar-refractivity contribution in [2.75, 3.05) is 13.2 Å². The van der Waals surface area contributed by atoms with E-state index in [-0.39, 0.29) is 18.5 Å². The molecule has 6 heteroatoms. The smallest absolute Gasteiger partial charge is 0.305 e. The highest BCUT2D eigenvalue weighted by atomic mass is 16.5. The van der Waals surface area contributed by atoms with E-state index in [1.54, 1.807) is 6.08 Å². The number of nitrogens with one attached hydrogen (secondary N) is 1. The third-order valence-corrected chi connectivity index (χ3v) is 18.0. The van der Waals surface area contributed by atoms with Crippen LogP contribution in [0.25, 0.3) is 0 Å². The fraction of sp³-hybridized carbons (Fsp3) is 0.852. The molecule has 0 aliphatic rings. The number of unbranched alkanes of at least 4 members (excludes halogenated alkanes) is 54. The summed E-state index contributed by atoms with van der Waals surface area (Å²) in [5, 5.41) is 23.2. The van der Waals surface area contributed by atoms with Gasteiger partial charge >= 0.3 is 5.97 Å². The minimum absolute atomic E-state index is 0.00891. The van der Waals surface area contributed by atoms with Gasteiger partial charge in [0, 0.05) is 12.8 Å². The molecule has 3 N–H and O–H groups in total. The number of aliphatic hydroxyl groups is 2. The Morgan fingerprint density at radius 3 is 0.897 bits per heavy atom. The molecule has 0 bridgehead atoms. The molecule has 510 valence electrons. The number of hydrogen-bond acceptors (Lipinski definition) is 5. The minimum atomic E-state index is -0.844. The van der Waals surface area contributed by atoms with Gasteiger partial charge in [0.15, 0.2) is 0 Å². The van der Waals surface area contributed by atoms with E-state index in [1.807, 2.05) is 6.08 Å². The fourth-order valence-corrected chi connectivity index (χ4v) is 12.1. The van der Waals surface area contributed by atoms with Crippen molar-refractivity contribution in [2.45, 2.75) is 431 Å². The Labute approximate surface area is 543 Å². The van der Waals surface area contributed by atoms with Gasteiger partial charge in [-0.15, -0.1) is 0 Å². The van der Waals surface area contributed by atoms with Crippen molar-refractivity contribution in [2.24, 2.45) is 0 Å². The normalized spacial score (nSPS) is 12.8. The Balaban J connectivity index is 3.39. The highest BCUT2D eigenvalue weighted by molar-refractivity contribution is 5.76. The summed E-state index contributed by atoms with van der Waals surface area (Å²) in [6.07, 6.45) is 102. The second kappa shape index (κ2) is 76.0. The van der Waals surface area contributed by atoms with Gasteiger partial charge in [-0.3, -0.25) is 9.59 Å². The molecule has 0 aromatic heterocycles. The van der Waals surface area contributed by atoms with Crippen LogP contribution in [0.2, 0.25) is 0 Å². The summed E-state index contributed by atoms with van der Waals surface area (Å²) in [5.74, 6) is -0.0538. The van der Waals surface area contributed by atoms with Crippen molar-refractivity contribution < 1.29 is 24.5 Å². The molecule has 6 nitrogen and oxygen atoms in total. The van der Waals surface area contributed by atoms with Crippen LogP contribution in [0.5, 0.6) is 0 Å². The lowest BCUT2D eigenvalue weighted by Crippen LogP contribution is -2.45. The molecule has 2 unspecified atom stereocenters. The lowest BCUT2D eigenvalue weighted by Gasteiger charge is -2.20. The fourth-order valence-electron chi connectivity index (χ4n) is 12.1. The van der Waals surface area contributed by atoms with Crippen molar-refractivity contribution >= 4 is 11.9 Å². The molecule has 2 atom stereocenters. The van der Waals surface area contributed by atoms with Crippen molar-refractivity contribution in [3.63, 3.8) is 0 Å². The van der Waals surface area contributed by atoms with Crippen molar-refractivity contribution in [1.82, 2.24) is 5.32 Å². The van der Waals surface area contributed by atoms with Crippen LogP contribution >= 0.6 is 0 Å². The number of rotatable bonds is 73. The number of esters is 1. The van der Waals surface area contributed by atoms with Gasteiger partial charge < -0.3 is 20.3 Å². The molecule has 0 fully saturated rings. The summed E-state index contributed by atoms with van der Waals surface area (Å²) < 4.78 is 5.50. The molecule has 0 radical (unpaired) electrons. The molecule has 0 aliphatic heterocycles. The topological polar surface area (TPSA) is 95.9 Å². The van der Waals surface area contributed by atoms with E-state index in [0.717, 1.165) is 57.8 Å². The third-order valence-electron chi connectivity index (χ3n) is 18.0. The first-order chi connectivity index (χ1) is 43.0. The predicted molar refractivity (Wildman–Crippen MR) is 384 cm³/mol. The second-order valence-electron chi connectivity index (χ2n) is 26.7. The molecular weight excluding hydrogens is 1070 g/mol. The van der Waals surface area contributed by atoms with Gasteiger partial charge in [0.1, 0.15) is 0 Å². The van der Waals surface area contributed by atoms with Gasteiger partial charge in [-0.1, -0.05) is 370 Å². The molecule has 1 amide bonds. The Morgan fingerprint density at radius 2 is 0.575 bits per heavy atom. The molecule has 0 aromatic carbocycles. The Kier molecular flexibility index (Phi) is 73.9. The van der Waals surface area contributed by atoms with Crippen LogP contribution in [-0.4, -0.2) is 47.4 Å². The van der Waals surface area contributed by atoms with Crippen LogP contribution in [0.1, 0.15) is 418 Å². The first-order valence-corrected chi connectivity index (χ1v) is 39.1. The standard InChI is InChI=1S/C81H151NO5/c1-3-5-7-9-11-13-15-17-19-21-42-45-49-53-57-61-65-69-73-79(84)78(77-83)82-80(85)74-70-66-62-58-54-50-46-43-39-37-35-33-31-29-27-25-23-22-24-26-28-30-32-34-36-38-40-44-48-52-56-60-64-68-72-76-87-81(86)75-71-67-63-59-55-51-47-41-20-18-16-14-12-10-8-6-4-2/h12,14,18,20,24,26,30,32,69,73,78-79,83-84H,3-11,13,15-17,19,21-23,25,27-29,31,33-68,70-72,74-77H2,1-2H3,(H,82,85)/b14-12-,20-18-,26-24-,32-30-,73-69+. The van der Waals surface area contributed by atoms with Crippen LogP contribution in [0.15, 0.2) is 60.8 Å². The van der Waals surface area contributed by atoms with Crippen LogP contribution < -0.4 is 5.32 Å². The average Bonchev–Trinajstić information content (AvgIpc) is 3.53. The van der Waals surface area contributed by atoms with E-state index < -0.39 is 12.1 Å². The summed E-state index contributed by atoms with van der Waals surface area (Å²) >= 11 is 0. The maximum absolute atomic E-state index is 12.5. The lowest BCUT2D eigenvalue weighted by atomic mass is 10.0. The number of carbonyl (C=O) groups is 2. The van der Waals surface area contributed by atoms with Gasteiger partial charge in [-0.2, -0.15) is 0 Å². The van der Waals surface area contributed by atoms with Crippen LogP contribution in [0.4, 0.5) is 0 Å². The highest BCUT2D eigenvalue weighted by Gasteiger charge is 2.18. The lowest BCUT2D eigenvalue weighted by molar-refractivity contribution is -0.143. The molecule has 87 heavy (non-hydrogen) atoms. The first-order valence-electron chi connectivity index (χ1n) is 39.1. The first kappa shape index (κ1) is 84.6. The van der Waals surface area contributed by atoms with Crippen molar-refractivity contribution in [1.29, 1.82) is 0 Å². The molecule has 0 spiro atoms. The molecule has 0 rings (SSSR count). The molecule has 0 saturated carbocycles. The van der Waals surface area contributed by atoms with E-state index >= 15 is 0 Å². The number of amides is 1. The summed E-state index contributed by atoms with van der Waals surface area (Å²) in [4.78, 5) is 24.6. The van der Waals surface area contributed by atoms with E-state index in [1.165, 1.54) is 334 Å². The summed E-state index contributed by atoms with van der Waals surface area (Å²) in [6, 6.07) is -0.627. The van der Waals surface area contributed by atoms with Crippen molar-refractivity contribution in [3.8, 4) is 0 Å². The second-order valence-corrected chi connectivity index (χ2v) is 26.7.